The van der Waals surface area contributed by atoms with Crippen molar-refractivity contribution < 1.29 is 14.0 Å². The second kappa shape index (κ2) is 7.06. The Balaban J connectivity index is 1.47. The Morgan fingerprint density at radius 1 is 1.09 bits per heavy atom. The zero-order valence-electron chi connectivity index (χ0n) is 13.7. The standard InChI is InChI=1S/C17H25N3O3/c1-13-11-14(12-23-13)16(21)19-7-9-20(10-8-19)17(22)18-15-5-3-2-4-6-15/h11-12,15H,2-10H2,1H3,(H,18,22). The maximum Gasteiger partial charge on any atom is 0.317 e. The minimum absolute atomic E-state index is 0.0168. The van der Waals surface area contributed by atoms with E-state index < -0.39 is 0 Å². The lowest BCUT2D eigenvalue weighted by Gasteiger charge is -2.35. The number of furan rings is 1. The number of piperazine rings is 1. The predicted octanol–water partition coefficient (Wildman–Crippen LogP) is 2.39. The van der Waals surface area contributed by atoms with Crippen molar-refractivity contribution in [1.82, 2.24) is 15.1 Å². The molecule has 1 aliphatic heterocycles. The average Bonchev–Trinajstić information content (AvgIpc) is 3.02. The molecule has 0 radical (unpaired) electrons. The van der Waals surface area contributed by atoms with Crippen LogP contribution in [0.1, 0.15) is 48.2 Å². The summed E-state index contributed by atoms with van der Waals surface area (Å²) in [4.78, 5) is 28.3. The molecule has 1 saturated heterocycles. The number of nitrogens with one attached hydrogen (secondary N) is 1. The van der Waals surface area contributed by atoms with E-state index in [9.17, 15) is 9.59 Å². The normalized spacial score (nSPS) is 19.7. The fraction of sp³-hybridized carbons (Fsp3) is 0.647. The molecule has 0 bridgehead atoms. The largest absolute Gasteiger partial charge is 0.469 e. The lowest BCUT2D eigenvalue weighted by molar-refractivity contribution is 0.0662. The van der Waals surface area contributed by atoms with E-state index in [1.807, 2.05) is 11.8 Å². The van der Waals surface area contributed by atoms with Gasteiger partial charge in [-0.3, -0.25) is 4.79 Å². The van der Waals surface area contributed by atoms with Crippen LogP contribution in [0.3, 0.4) is 0 Å². The van der Waals surface area contributed by atoms with Gasteiger partial charge < -0.3 is 19.5 Å². The first-order valence-electron chi connectivity index (χ1n) is 8.53. The van der Waals surface area contributed by atoms with Gasteiger partial charge in [-0.15, -0.1) is 0 Å². The predicted molar refractivity (Wildman–Crippen MR) is 86.3 cm³/mol. The first kappa shape index (κ1) is 15.9. The number of hydrogen-bond acceptors (Lipinski definition) is 3. The fourth-order valence-electron chi connectivity index (χ4n) is 3.36. The van der Waals surface area contributed by atoms with Crippen molar-refractivity contribution in [2.45, 2.75) is 45.1 Å². The van der Waals surface area contributed by atoms with Gasteiger partial charge in [-0.2, -0.15) is 0 Å². The van der Waals surface area contributed by atoms with E-state index in [2.05, 4.69) is 5.32 Å². The van der Waals surface area contributed by atoms with Gasteiger partial charge in [-0.25, -0.2) is 4.79 Å². The van der Waals surface area contributed by atoms with Gasteiger partial charge in [-0.05, 0) is 25.8 Å². The minimum Gasteiger partial charge on any atom is -0.469 e. The summed E-state index contributed by atoms with van der Waals surface area (Å²) in [6.45, 7) is 4.13. The number of hydrogen-bond donors (Lipinski definition) is 1. The maximum atomic E-state index is 12.4. The average molecular weight is 319 g/mol. The molecule has 1 aromatic rings. The van der Waals surface area contributed by atoms with E-state index in [0.717, 1.165) is 18.6 Å². The molecule has 1 aliphatic carbocycles. The van der Waals surface area contributed by atoms with Crippen molar-refractivity contribution in [3.05, 3.63) is 23.7 Å². The second-order valence-corrected chi connectivity index (χ2v) is 6.51. The SMILES string of the molecule is Cc1cc(C(=O)N2CCN(C(=O)NC3CCCCC3)CC2)co1. The first-order valence-corrected chi connectivity index (χ1v) is 8.53. The van der Waals surface area contributed by atoms with Crippen molar-refractivity contribution in [3.8, 4) is 0 Å². The Kier molecular flexibility index (Phi) is 4.88. The number of carbonyl (C=O) groups is 2. The summed E-state index contributed by atoms with van der Waals surface area (Å²) in [6, 6.07) is 2.10. The van der Waals surface area contributed by atoms with Crippen molar-refractivity contribution in [2.24, 2.45) is 0 Å². The highest BCUT2D eigenvalue weighted by Crippen LogP contribution is 2.18. The van der Waals surface area contributed by atoms with Gasteiger partial charge in [0.2, 0.25) is 0 Å². The Morgan fingerprint density at radius 2 is 1.74 bits per heavy atom. The molecule has 2 fully saturated rings. The summed E-state index contributed by atoms with van der Waals surface area (Å²) in [5.41, 5.74) is 0.586. The van der Waals surface area contributed by atoms with Gasteiger partial charge in [0.15, 0.2) is 0 Å². The molecule has 126 valence electrons. The van der Waals surface area contributed by atoms with Gasteiger partial charge in [0.1, 0.15) is 12.0 Å². The third kappa shape index (κ3) is 3.86. The van der Waals surface area contributed by atoms with Crippen molar-refractivity contribution in [1.29, 1.82) is 0 Å². The Bertz CT molecular complexity index is 555. The molecule has 0 spiro atoms. The maximum absolute atomic E-state index is 12.4. The molecule has 0 unspecified atom stereocenters. The number of aryl methyl sites for hydroxylation is 1. The third-order valence-corrected chi connectivity index (χ3v) is 4.76. The molecule has 2 aliphatic rings. The molecule has 1 N–H and O–H groups in total. The van der Waals surface area contributed by atoms with Crippen LogP contribution in [0.2, 0.25) is 0 Å². The van der Waals surface area contributed by atoms with E-state index >= 15 is 0 Å². The highest BCUT2D eigenvalue weighted by atomic mass is 16.3. The zero-order chi connectivity index (χ0) is 16.2. The van der Waals surface area contributed by atoms with E-state index in [4.69, 9.17) is 4.42 Å². The minimum atomic E-state index is -0.0193. The fourth-order valence-corrected chi connectivity index (χ4v) is 3.36. The van der Waals surface area contributed by atoms with E-state index in [-0.39, 0.29) is 11.9 Å². The molecule has 0 atom stereocenters. The molecule has 3 amide bonds. The number of amides is 3. The van der Waals surface area contributed by atoms with Gasteiger partial charge in [0.25, 0.3) is 5.91 Å². The number of nitrogens with zero attached hydrogens (tertiary/aromatic N) is 2. The Labute approximate surface area is 136 Å². The summed E-state index contributed by atoms with van der Waals surface area (Å²) in [5, 5.41) is 3.14. The topological polar surface area (TPSA) is 65.8 Å². The molecule has 0 aromatic carbocycles. The van der Waals surface area contributed by atoms with Gasteiger partial charge in [-0.1, -0.05) is 19.3 Å². The Morgan fingerprint density at radius 3 is 2.35 bits per heavy atom. The molecule has 6 heteroatoms. The summed E-state index contributed by atoms with van der Waals surface area (Å²) in [6.07, 6.45) is 7.36. The molecule has 23 heavy (non-hydrogen) atoms. The van der Waals surface area contributed by atoms with Gasteiger partial charge >= 0.3 is 6.03 Å². The number of urea groups is 1. The molecule has 1 aromatic heterocycles. The van der Waals surface area contributed by atoms with Crippen LogP contribution in [0.25, 0.3) is 0 Å². The number of rotatable bonds is 2. The zero-order valence-corrected chi connectivity index (χ0v) is 13.7. The van der Waals surface area contributed by atoms with Crippen LogP contribution >= 0.6 is 0 Å². The molecule has 3 rings (SSSR count). The van der Waals surface area contributed by atoms with Crippen molar-refractivity contribution in [3.63, 3.8) is 0 Å². The summed E-state index contributed by atoms with van der Waals surface area (Å²) in [7, 11) is 0. The quantitative estimate of drug-likeness (QED) is 0.910. The molecule has 6 nitrogen and oxygen atoms in total. The monoisotopic (exact) mass is 319 g/mol. The van der Waals surface area contributed by atoms with Crippen LogP contribution in [-0.2, 0) is 0 Å². The van der Waals surface area contributed by atoms with E-state index in [1.54, 1.807) is 11.0 Å². The third-order valence-electron chi connectivity index (χ3n) is 4.76. The molecule has 1 saturated carbocycles. The van der Waals surface area contributed by atoms with Crippen molar-refractivity contribution in [2.75, 3.05) is 26.2 Å². The first-order chi connectivity index (χ1) is 11.1. The molecular weight excluding hydrogens is 294 g/mol. The van der Waals surface area contributed by atoms with Crippen LogP contribution in [0, 0.1) is 6.92 Å². The Hall–Kier alpha value is -1.98. The van der Waals surface area contributed by atoms with Crippen LogP contribution in [0.15, 0.2) is 16.7 Å². The molecule has 2 heterocycles. The van der Waals surface area contributed by atoms with Crippen LogP contribution in [-0.4, -0.2) is 54.0 Å². The highest BCUT2D eigenvalue weighted by Gasteiger charge is 2.26. The van der Waals surface area contributed by atoms with Crippen LogP contribution in [0.4, 0.5) is 4.79 Å². The molecular formula is C17H25N3O3. The lowest BCUT2D eigenvalue weighted by Crippen LogP contribution is -2.54. The van der Waals surface area contributed by atoms with Crippen LogP contribution < -0.4 is 5.32 Å². The number of carbonyl (C=O) groups excluding carboxylic acids is 2. The van der Waals surface area contributed by atoms with Gasteiger partial charge in [0.05, 0.1) is 5.56 Å². The summed E-state index contributed by atoms with van der Waals surface area (Å²) < 4.78 is 5.20. The van der Waals surface area contributed by atoms with Crippen molar-refractivity contribution >= 4 is 11.9 Å². The van der Waals surface area contributed by atoms with Gasteiger partial charge in [0, 0.05) is 32.2 Å². The summed E-state index contributed by atoms with van der Waals surface area (Å²) >= 11 is 0. The lowest BCUT2D eigenvalue weighted by atomic mass is 9.96. The van der Waals surface area contributed by atoms with Crippen LogP contribution in [0.5, 0.6) is 0 Å². The summed E-state index contributed by atoms with van der Waals surface area (Å²) in [5.74, 6) is 0.716. The smallest absolute Gasteiger partial charge is 0.317 e. The second-order valence-electron chi connectivity index (χ2n) is 6.51. The van der Waals surface area contributed by atoms with E-state index in [1.165, 1.54) is 25.5 Å². The van der Waals surface area contributed by atoms with E-state index in [0.29, 0.717) is 37.8 Å². The highest BCUT2D eigenvalue weighted by molar-refractivity contribution is 5.94.